The van der Waals surface area contributed by atoms with Crippen molar-refractivity contribution in [2.75, 3.05) is 5.32 Å². The van der Waals surface area contributed by atoms with Gasteiger partial charge in [0.25, 0.3) is 0 Å². The van der Waals surface area contributed by atoms with Gasteiger partial charge >= 0.3 is 0 Å². The summed E-state index contributed by atoms with van der Waals surface area (Å²) in [7, 11) is 0. The monoisotopic (exact) mass is 277 g/mol. The van der Waals surface area contributed by atoms with Crippen molar-refractivity contribution in [2.45, 2.75) is 31.7 Å². The average molecular weight is 278 g/mol. The lowest BCUT2D eigenvalue weighted by molar-refractivity contribution is -0.123. The molecule has 0 bridgehead atoms. The Kier molecular flexibility index (Phi) is 5.88. The smallest absolute Gasteiger partial charge is 0.245 e. The highest BCUT2D eigenvalue weighted by atomic mass is 35.5. The fraction of sp³-hybridized carbons (Fsp3) is 0.455. The normalized spacial score (nSPS) is 15.9. The Hall–Kier alpha value is -0.840. The van der Waals surface area contributed by atoms with Gasteiger partial charge < -0.3 is 11.1 Å². The maximum Gasteiger partial charge on any atom is 0.245 e. The molecule has 1 fully saturated rings. The molecule has 1 aromatic heterocycles. The van der Waals surface area contributed by atoms with Gasteiger partial charge in [0.2, 0.25) is 5.91 Å². The molecule has 0 spiro atoms. The van der Waals surface area contributed by atoms with E-state index < -0.39 is 5.54 Å². The number of halogens is 2. The molecule has 3 N–H and O–H groups in total. The number of amides is 1. The second-order valence-corrected chi connectivity index (χ2v) is 4.13. The fourth-order valence-corrected chi connectivity index (χ4v) is 1.64. The highest BCUT2D eigenvalue weighted by Gasteiger charge is 2.40. The van der Waals surface area contributed by atoms with Crippen molar-refractivity contribution in [3.63, 3.8) is 0 Å². The molecule has 1 aliphatic rings. The van der Waals surface area contributed by atoms with Crippen LogP contribution in [0.1, 0.15) is 25.0 Å². The number of hydrogen-bond donors (Lipinski definition) is 2. The summed E-state index contributed by atoms with van der Waals surface area (Å²) < 4.78 is 0. The largest absolute Gasteiger partial charge is 0.317 e. The molecule has 1 saturated carbocycles. The molecule has 1 aliphatic carbocycles. The molecule has 6 heteroatoms. The van der Waals surface area contributed by atoms with Gasteiger partial charge in [-0.25, -0.2) is 4.98 Å². The summed E-state index contributed by atoms with van der Waals surface area (Å²) in [5.41, 5.74) is 6.11. The Bertz CT molecular complexity index is 394. The number of carbonyl (C=O) groups excluding carboxylic acids is 1. The maximum atomic E-state index is 11.8. The van der Waals surface area contributed by atoms with Crippen molar-refractivity contribution in [1.29, 1.82) is 0 Å². The lowest BCUT2D eigenvalue weighted by Gasteiger charge is -2.35. The minimum absolute atomic E-state index is 0. The average Bonchev–Trinajstić information content (AvgIpc) is 2.14. The lowest BCUT2D eigenvalue weighted by atomic mass is 9.77. The molecule has 1 amide bonds. The van der Waals surface area contributed by atoms with Gasteiger partial charge in [-0.3, -0.25) is 4.79 Å². The number of nitrogens with one attached hydrogen (secondary N) is 1. The standard InChI is InChI=1S/C11H15N3O.2ClH/c1-8-4-2-5-9(13-8)14-10(15)11(12)6-3-7-11;;/h2,4-5H,3,6-7,12H2,1H3,(H,13,14,15);2*1H. The second-order valence-electron chi connectivity index (χ2n) is 4.13. The molecule has 0 aliphatic heterocycles. The third kappa shape index (κ3) is 3.56. The van der Waals surface area contributed by atoms with Crippen LogP contribution < -0.4 is 11.1 Å². The number of rotatable bonds is 2. The molecule has 0 radical (unpaired) electrons. The summed E-state index contributed by atoms with van der Waals surface area (Å²) in [5.74, 6) is 0.462. The predicted molar refractivity (Wildman–Crippen MR) is 72.9 cm³/mol. The topological polar surface area (TPSA) is 68.0 Å². The van der Waals surface area contributed by atoms with E-state index in [0.717, 1.165) is 25.0 Å². The fourth-order valence-electron chi connectivity index (χ4n) is 1.64. The van der Waals surface area contributed by atoms with Crippen LogP contribution in [0.5, 0.6) is 0 Å². The zero-order valence-corrected chi connectivity index (χ0v) is 11.2. The highest BCUT2D eigenvalue weighted by Crippen LogP contribution is 2.29. The van der Waals surface area contributed by atoms with Gasteiger partial charge in [-0.15, -0.1) is 24.8 Å². The van der Waals surface area contributed by atoms with Crippen LogP contribution in [0.2, 0.25) is 0 Å². The summed E-state index contributed by atoms with van der Waals surface area (Å²) in [6.07, 6.45) is 2.57. The zero-order chi connectivity index (χ0) is 10.9. The van der Waals surface area contributed by atoms with Gasteiger partial charge in [-0.1, -0.05) is 6.07 Å². The maximum absolute atomic E-state index is 11.8. The number of carbonyl (C=O) groups is 1. The Labute approximate surface area is 113 Å². The zero-order valence-electron chi connectivity index (χ0n) is 9.60. The summed E-state index contributed by atoms with van der Waals surface area (Å²) in [5, 5.41) is 2.75. The first-order valence-electron chi connectivity index (χ1n) is 5.14. The van der Waals surface area contributed by atoms with E-state index in [0.29, 0.717) is 5.82 Å². The van der Waals surface area contributed by atoms with Crippen molar-refractivity contribution < 1.29 is 4.79 Å². The van der Waals surface area contributed by atoms with Crippen molar-refractivity contribution in [3.05, 3.63) is 23.9 Å². The summed E-state index contributed by atoms with van der Waals surface area (Å²) >= 11 is 0. The highest BCUT2D eigenvalue weighted by molar-refractivity contribution is 5.97. The molecule has 1 aromatic rings. The van der Waals surface area contributed by atoms with Crippen molar-refractivity contribution in [3.8, 4) is 0 Å². The van der Waals surface area contributed by atoms with Crippen molar-refractivity contribution >= 4 is 36.5 Å². The van der Waals surface area contributed by atoms with E-state index in [1.807, 2.05) is 19.1 Å². The van der Waals surface area contributed by atoms with E-state index in [4.69, 9.17) is 5.73 Å². The van der Waals surface area contributed by atoms with Crippen LogP contribution in [0, 0.1) is 6.92 Å². The molecule has 0 atom stereocenters. The van der Waals surface area contributed by atoms with Gasteiger partial charge in [0.05, 0.1) is 5.54 Å². The minimum Gasteiger partial charge on any atom is -0.317 e. The van der Waals surface area contributed by atoms with Gasteiger partial charge in [0.1, 0.15) is 5.82 Å². The van der Waals surface area contributed by atoms with Gasteiger partial charge in [0.15, 0.2) is 0 Å². The Morgan fingerprint density at radius 1 is 1.41 bits per heavy atom. The van der Waals surface area contributed by atoms with E-state index in [2.05, 4.69) is 10.3 Å². The number of anilines is 1. The Balaban J connectivity index is 0.00000128. The number of nitrogens with two attached hydrogens (primary N) is 1. The molecule has 96 valence electrons. The molecule has 1 heterocycles. The molecule has 4 nitrogen and oxygen atoms in total. The van der Waals surface area contributed by atoms with E-state index in [1.54, 1.807) is 6.07 Å². The van der Waals surface area contributed by atoms with Crippen molar-refractivity contribution in [2.24, 2.45) is 5.73 Å². The first kappa shape index (κ1) is 16.2. The van der Waals surface area contributed by atoms with Crippen LogP contribution in [-0.4, -0.2) is 16.4 Å². The van der Waals surface area contributed by atoms with Crippen molar-refractivity contribution in [1.82, 2.24) is 4.98 Å². The van der Waals surface area contributed by atoms with Crippen LogP contribution in [0.25, 0.3) is 0 Å². The minimum atomic E-state index is -0.661. The summed E-state index contributed by atoms with van der Waals surface area (Å²) in [6, 6.07) is 5.52. The van der Waals surface area contributed by atoms with E-state index in [9.17, 15) is 4.79 Å². The Morgan fingerprint density at radius 2 is 2.06 bits per heavy atom. The van der Waals surface area contributed by atoms with Crippen LogP contribution in [0.3, 0.4) is 0 Å². The molecule has 0 saturated heterocycles. The number of aryl methyl sites for hydroxylation is 1. The van der Waals surface area contributed by atoms with Crippen LogP contribution in [-0.2, 0) is 4.79 Å². The number of pyridine rings is 1. The van der Waals surface area contributed by atoms with Gasteiger partial charge in [0, 0.05) is 5.69 Å². The van der Waals surface area contributed by atoms with Crippen LogP contribution in [0.4, 0.5) is 5.82 Å². The third-order valence-corrected chi connectivity index (χ3v) is 2.83. The summed E-state index contributed by atoms with van der Waals surface area (Å²) in [6.45, 7) is 1.89. The molecule has 17 heavy (non-hydrogen) atoms. The van der Waals surface area contributed by atoms with Gasteiger partial charge in [-0.05, 0) is 38.3 Å². The number of aromatic nitrogens is 1. The predicted octanol–water partition coefficient (Wildman–Crippen LogP) is 2.05. The molecule has 0 unspecified atom stereocenters. The molecule has 2 rings (SSSR count). The second kappa shape index (κ2) is 6.19. The molecular formula is C11H17Cl2N3O. The lowest BCUT2D eigenvalue weighted by Crippen LogP contribution is -2.56. The van der Waals surface area contributed by atoms with Gasteiger partial charge in [-0.2, -0.15) is 0 Å². The van der Waals surface area contributed by atoms with E-state index in [1.165, 1.54) is 0 Å². The summed E-state index contributed by atoms with van der Waals surface area (Å²) in [4.78, 5) is 15.9. The molecular weight excluding hydrogens is 261 g/mol. The number of nitrogens with zero attached hydrogens (tertiary/aromatic N) is 1. The van der Waals surface area contributed by atoms with Crippen LogP contribution in [0.15, 0.2) is 18.2 Å². The van der Waals surface area contributed by atoms with Crippen LogP contribution >= 0.6 is 24.8 Å². The quantitative estimate of drug-likeness (QED) is 0.870. The SMILES string of the molecule is Cc1cccc(NC(=O)C2(N)CCC2)n1.Cl.Cl. The molecule has 0 aromatic carbocycles. The van der Waals surface area contributed by atoms with E-state index in [-0.39, 0.29) is 30.7 Å². The van der Waals surface area contributed by atoms with E-state index >= 15 is 0 Å². The first-order valence-corrected chi connectivity index (χ1v) is 5.14. The third-order valence-electron chi connectivity index (χ3n) is 2.83. The Morgan fingerprint density at radius 3 is 2.53 bits per heavy atom. The number of hydrogen-bond acceptors (Lipinski definition) is 3. The first-order chi connectivity index (χ1) is 7.10.